The van der Waals surface area contributed by atoms with Gasteiger partial charge in [0.1, 0.15) is 5.82 Å². The number of aromatic amines is 1. The number of piperidine rings is 1. The molecule has 1 aliphatic heterocycles. The van der Waals surface area contributed by atoms with Crippen LogP contribution in [0.2, 0.25) is 10.0 Å². The number of nitrogens with zero attached hydrogens (tertiary/aromatic N) is 4. The molecule has 0 radical (unpaired) electrons. The lowest BCUT2D eigenvalue weighted by Crippen LogP contribution is -2.29. The molecule has 1 fully saturated rings. The van der Waals surface area contributed by atoms with E-state index < -0.39 is 5.82 Å². The number of halogens is 3. The Kier molecular flexibility index (Phi) is 5.42. The lowest BCUT2D eigenvalue weighted by molar-refractivity contribution is 0.343. The topological polar surface area (TPSA) is 71.4 Å². The molecule has 3 aromatic heterocycles. The second-order valence-electron chi connectivity index (χ2n) is 7.90. The van der Waals surface area contributed by atoms with E-state index in [1.807, 2.05) is 36.3 Å². The Hall–Kier alpha value is -2.48. The van der Waals surface area contributed by atoms with Crippen molar-refractivity contribution in [3.8, 4) is 11.3 Å². The van der Waals surface area contributed by atoms with Crippen LogP contribution in [0.3, 0.4) is 0 Å². The van der Waals surface area contributed by atoms with Crippen LogP contribution in [-0.2, 0) is 0 Å². The van der Waals surface area contributed by atoms with E-state index >= 15 is 0 Å². The van der Waals surface area contributed by atoms with E-state index in [1.54, 1.807) is 0 Å². The molecule has 0 bridgehead atoms. The highest BCUT2D eigenvalue weighted by Gasteiger charge is 2.22. The van der Waals surface area contributed by atoms with Gasteiger partial charge in [-0.3, -0.25) is 4.68 Å². The third-order valence-electron chi connectivity index (χ3n) is 6.03. The molecule has 0 saturated carbocycles. The van der Waals surface area contributed by atoms with Gasteiger partial charge in [0, 0.05) is 34.3 Å². The molecule has 1 aliphatic rings. The minimum Gasteiger partial charge on any atom is -0.344 e. The molecule has 0 aliphatic carbocycles. The third kappa shape index (κ3) is 3.71. The van der Waals surface area contributed by atoms with Gasteiger partial charge in [0.15, 0.2) is 5.65 Å². The Labute approximate surface area is 188 Å². The van der Waals surface area contributed by atoms with Crippen molar-refractivity contribution >= 4 is 34.2 Å². The van der Waals surface area contributed by atoms with E-state index in [0.29, 0.717) is 22.3 Å². The summed E-state index contributed by atoms with van der Waals surface area (Å²) in [6, 6.07) is 5.19. The third-order valence-corrected chi connectivity index (χ3v) is 6.74. The highest BCUT2D eigenvalue weighted by atomic mass is 35.5. The molecule has 4 aromatic rings. The molecule has 160 valence electrons. The maximum atomic E-state index is 14.1. The van der Waals surface area contributed by atoms with Gasteiger partial charge in [-0.2, -0.15) is 5.10 Å². The largest absolute Gasteiger partial charge is 0.344 e. The first-order chi connectivity index (χ1) is 15.0. The molecular formula is C22H21Cl2FN6. The highest BCUT2D eigenvalue weighted by molar-refractivity contribution is 6.36. The molecular weight excluding hydrogens is 438 g/mol. The van der Waals surface area contributed by atoms with Gasteiger partial charge >= 0.3 is 0 Å². The summed E-state index contributed by atoms with van der Waals surface area (Å²) in [7, 11) is 0. The maximum absolute atomic E-state index is 14.1. The number of aromatic nitrogens is 5. The van der Waals surface area contributed by atoms with E-state index in [9.17, 15) is 4.39 Å². The summed E-state index contributed by atoms with van der Waals surface area (Å²) in [4.78, 5) is 3.15. The highest BCUT2D eigenvalue weighted by Crippen LogP contribution is 2.39. The fourth-order valence-electron chi connectivity index (χ4n) is 4.28. The summed E-state index contributed by atoms with van der Waals surface area (Å²) in [5.41, 5.74) is 3.78. The first-order valence-corrected chi connectivity index (χ1v) is 11.0. The number of nitrogens with one attached hydrogen (secondary N) is 2. The maximum Gasteiger partial charge on any atom is 0.160 e. The second-order valence-corrected chi connectivity index (χ2v) is 8.69. The molecule has 1 saturated heterocycles. The number of hydrogen-bond donors (Lipinski definition) is 2. The number of benzene rings is 1. The van der Waals surface area contributed by atoms with Gasteiger partial charge in [-0.1, -0.05) is 30.1 Å². The fourth-order valence-corrected chi connectivity index (χ4v) is 4.98. The summed E-state index contributed by atoms with van der Waals surface area (Å²) in [5, 5.41) is 18.0. The van der Waals surface area contributed by atoms with Crippen LogP contribution in [0.25, 0.3) is 22.3 Å². The van der Waals surface area contributed by atoms with Gasteiger partial charge in [0.25, 0.3) is 0 Å². The van der Waals surface area contributed by atoms with Gasteiger partial charge in [-0.25, -0.2) is 4.39 Å². The Morgan fingerprint density at radius 3 is 2.81 bits per heavy atom. The summed E-state index contributed by atoms with van der Waals surface area (Å²) < 4.78 is 16.1. The molecule has 2 N–H and O–H groups in total. The van der Waals surface area contributed by atoms with Crippen LogP contribution in [0, 0.1) is 5.82 Å². The summed E-state index contributed by atoms with van der Waals surface area (Å²) in [6.07, 6.45) is 7.82. The number of hydrogen-bond acceptors (Lipinski definition) is 4. The van der Waals surface area contributed by atoms with Crippen molar-refractivity contribution in [2.24, 2.45) is 0 Å². The normalized spacial score (nSPS) is 16.1. The fraction of sp³-hybridized carbons (Fsp3) is 0.318. The smallest absolute Gasteiger partial charge is 0.160 e. The number of H-pyrrole nitrogens is 1. The molecule has 9 heteroatoms. The molecule has 0 amide bonds. The van der Waals surface area contributed by atoms with Crippen molar-refractivity contribution in [3.05, 3.63) is 63.8 Å². The molecule has 1 unspecified atom stereocenters. The lowest BCUT2D eigenvalue weighted by atomic mass is 9.92. The van der Waals surface area contributed by atoms with E-state index in [-0.39, 0.29) is 10.9 Å². The van der Waals surface area contributed by atoms with E-state index in [2.05, 4.69) is 25.6 Å². The minimum absolute atomic E-state index is 0.0415. The predicted octanol–water partition coefficient (Wildman–Crippen LogP) is 5.34. The van der Waals surface area contributed by atoms with Crippen LogP contribution in [0.1, 0.15) is 42.9 Å². The zero-order chi connectivity index (χ0) is 21.5. The summed E-state index contributed by atoms with van der Waals surface area (Å²) in [6.45, 7) is 3.95. The average Bonchev–Trinajstić information content (AvgIpc) is 3.44. The van der Waals surface area contributed by atoms with E-state index in [4.69, 9.17) is 23.2 Å². The van der Waals surface area contributed by atoms with Crippen LogP contribution in [-0.4, -0.2) is 38.1 Å². The first kappa shape index (κ1) is 20.4. The Balaban J connectivity index is 1.52. The Bertz CT molecular complexity index is 1240. The molecule has 5 rings (SSSR count). The van der Waals surface area contributed by atoms with E-state index in [1.165, 1.54) is 12.1 Å². The number of fused-ring (bicyclic) bond motifs is 1. The SMILES string of the molecule is CC(c1c(Cl)ccc(F)c1Cl)c1c[nH]c2nnc(-c3cnn(C4CCNCC4)c3)cc12. The molecule has 1 aromatic carbocycles. The number of rotatable bonds is 4. The Morgan fingerprint density at radius 1 is 1.19 bits per heavy atom. The van der Waals surface area contributed by atoms with Crippen molar-refractivity contribution in [1.82, 2.24) is 30.3 Å². The summed E-state index contributed by atoms with van der Waals surface area (Å²) in [5.74, 6) is -0.725. The van der Waals surface area contributed by atoms with Crippen molar-refractivity contribution < 1.29 is 4.39 Å². The lowest BCUT2D eigenvalue weighted by Gasteiger charge is -2.22. The average molecular weight is 459 g/mol. The van der Waals surface area contributed by atoms with Crippen LogP contribution in [0.5, 0.6) is 0 Å². The zero-order valence-electron chi connectivity index (χ0n) is 16.9. The second kappa shape index (κ2) is 8.22. The van der Waals surface area contributed by atoms with Crippen LogP contribution in [0.15, 0.2) is 36.8 Å². The summed E-state index contributed by atoms with van der Waals surface area (Å²) >= 11 is 12.6. The van der Waals surface area contributed by atoms with Crippen LogP contribution >= 0.6 is 23.2 Å². The van der Waals surface area contributed by atoms with Crippen molar-refractivity contribution in [2.45, 2.75) is 31.7 Å². The van der Waals surface area contributed by atoms with Crippen LogP contribution in [0.4, 0.5) is 4.39 Å². The molecule has 4 heterocycles. The van der Waals surface area contributed by atoms with Gasteiger partial charge in [-0.15, -0.1) is 10.2 Å². The first-order valence-electron chi connectivity index (χ1n) is 10.3. The molecule has 31 heavy (non-hydrogen) atoms. The van der Waals surface area contributed by atoms with Crippen LogP contribution < -0.4 is 5.32 Å². The quantitative estimate of drug-likeness (QED) is 0.404. The van der Waals surface area contributed by atoms with Gasteiger partial charge in [-0.05, 0) is 55.3 Å². The van der Waals surface area contributed by atoms with Gasteiger partial charge in [0.05, 0.1) is 23.0 Å². The molecule has 6 nitrogen and oxygen atoms in total. The standard InChI is InChI=1S/C22H21Cl2FN6/c1-12(20-17(23)2-3-18(25)21(20)24)16-10-27-22-15(16)8-19(29-30-22)13-9-28-31(11-13)14-4-6-26-7-5-14/h2-3,8-12,14,26H,4-7H2,1H3,(H,27,30). The zero-order valence-corrected chi connectivity index (χ0v) is 18.4. The van der Waals surface area contributed by atoms with Crippen molar-refractivity contribution in [3.63, 3.8) is 0 Å². The molecule has 1 atom stereocenters. The monoisotopic (exact) mass is 458 g/mol. The van der Waals surface area contributed by atoms with Crippen molar-refractivity contribution in [1.29, 1.82) is 0 Å². The Morgan fingerprint density at radius 2 is 2.00 bits per heavy atom. The van der Waals surface area contributed by atoms with E-state index in [0.717, 1.165) is 48.1 Å². The molecule has 0 spiro atoms. The minimum atomic E-state index is -0.487. The van der Waals surface area contributed by atoms with Gasteiger partial charge in [0.2, 0.25) is 0 Å². The van der Waals surface area contributed by atoms with Crippen molar-refractivity contribution in [2.75, 3.05) is 13.1 Å². The predicted molar refractivity (Wildman–Crippen MR) is 120 cm³/mol. The van der Waals surface area contributed by atoms with Gasteiger partial charge < -0.3 is 10.3 Å².